The average Bonchev–Trinajstić information content (AvgIpc) is 3.23. The molecule has 3 fully saturated rings. The van der Waals surface area contributed by atoms with Crippen molar-refractivity contribution >= 4 is 11.5 Å². The Labute approximate surface area is 149 Å². The van der Waals surface area contributed by atoms with Crippen LogP contribution in [0, 0.1) is 5.92 Å². The van der Waals surface area contributed by atoms with Crippen LogP contribution < -0.4 is 4.90 Å². The van der Waals surface area contributed by atoms with Crippen LogP contribution in [0.2, 0.25) is 0 Å². The van der Waals surface area contributed by atoms with E-state index in [2.05, 4.69) is 32.1 Å². The van der Waals surface area contributed by atoms with Crippen LogP contribution in [0.15, 0.2) is 12.1 Å². The average molecular weight is 340 g/mol. The van der Waals surface area contributed by atoms with Gasteiger partial charge in [0.1, 0.15) is 5.82 Å². The minimum Gasteiger partial charge on any atom is -0.355 e. The molecule has 25 heavy (non-hydrogen) atoms. The largest absolute Gasteiger partial charge is 0.355 e. The van der Waals surface area contributed by atoms with Crippen LogP contribution >= 0.6 is 0 Å². The zero-order chi connectivity index (χ0) is 16.6. The summed E-state index contributed by atoms with van der Waals surface area (Å²) in [5.41, 5.74) is 0.882. The molecule has 1 aliphatic carbocycles. The minimum absolute atomic E-state index is 0.494. The fourth-order valence-electron chi connectivity index (χ4n) is 4.70. The Balaban J connectivity index is 1.28. The maximum Gasteiger partial charge on any atom is 0.178 e. The summed E-state index contributed by atoms with van der Waals surface area (Å²) < 4.78 is 2.00. The highest BCUT2D eigenvalue weighted by Crippen LogP contribution is 2.30. The Hall–Kier alpha value is -1.69. The molecule has 6 nitrogen and oxygen atoms in total. The van der Waals surface area contributed by atoms with Crippen LogP contribution in [0.1, 0.15) is 56.7 Å². The third-order valence-corrected chi connectivity index (χ3v) is 6.40. The van der Waals surface area contributed by atoms with Gasteiger partial charge in [-0.3, -0.25) is 0 Å². The second-order valence-electron chi connectivity index (χ2n) is 8.09. The molecule has 5 rings (SSSR count). The van der Waals surface area contributed by atoms with Crippen molar-refractivity contribution in [3.63, 3.8) is 0 Å². The number of likely N-dealkylation sites (tertiary alicyclic amines) is 1. The van der Waals surface area contributed by atoms with Crippen molar-refractivity contribution in [1.82, 2.24) is 24.7 Å². The highest BCUT2D eigenvalue weighted by molar-refractivity contribution is 5.47. The molecule has 2 aromatic heterocycles. The van der Waals surface area contributed by atoms with E-state index in [0.29, 0.717) is 5.92 Å². The van der Waals surface area contributed by atoms with Crippen molar-refractivity contribution in [3.05, 3.63) is 18.0 Å². The van der Waals surface area contributed by atoms with Crippen molar-refractivity contribution in [3.8, 4) is 0 Å². The van der Waals surface area contributed by atoms with Gasteiger partial charge < -0.3 is 9.80 Å². The van der Waals surface area contributed by atoms with Gasteiger partial charge in [0, 0.05) is 25.6 Å². The predicted molar refractivity (Wildman–Crippen MR) is 98.0 cm³/mol. The summed E-state index contributed by atoms with van der Waals surface area (Å²) in [6, 6.07) is 4.14. The van der Waals surface area contributed by atoms with Gasteiger partial charge in [-0.1, -0.05) is 12.8 Å². The number of fused-ring (bicyclic) bond motifs is 1. The van der Waals surface area contributed by atoms with Gasteiger partial charge in [0.2, 0.25) is 0 Å². The molecule has 0 aromatic carbocycles. The van der Waals surface area contributed by atoms with E-state index in [4.69, 9.17) is 5.10 Å². The number of hydrogen-bond donors (Lipinski definition) is 0. The van der Waals surface area contributed by atoms with Gasteiger partial charge in [0.25, 0.3) is 0 Å². The Morgan fingerprint density at radius 2 is 1.68 bits per heavy atom. The molecule has 0 atom stereocenters. The molecule has 2 aliphatic heterocycles. The topological polar surface area (TPSA) is 49.6 Å². The molecule has 2 saturated heterocycles. The number of hydrogen-bond acceptors (Lipinski definition) is 5. The summed E-state index contributed by atoms with van der Waals surface area (Å²) in [6.07, 6.45) is 9.41. The highest BCUT2D eigenvalue weighted by atomic mass is 15.4. The first-order valence-corrected chi connectivity index (χ1v) is 10.1. The lowest BCUT2D eigenvalue weighted by Gasteiger charge is -2.33. The second-order valence-corrected chi connectivity index (χ2v) is 8.09. The van der Waals surface area contributed by atoms with Crippen molar-refractivity contribution in [2.45, 2.75) is 50.9 Å². The maximum absolute atomic E-state index is 4.84. The molecule has 0 N–H and O–H groups in total. The molecule has 3 aliphatic rings. The summed E-state index contributed by atoms with van der Waals surface area (Å²) in [5, 5.41) is 13.7. The lowest BCUT2D eigenvalue weighted by atomic mass is 9.95. The first-order chi connectivity index (χ1) is 12.4. The number of anilines is 1. The van der Waals surface area contributed by atoms with E-state index >= 15 is 0 Å². The smallest absolute Gasteiger partial charge is 0.178 e. The van der Waals surface area contributed by atoms with Crippen LogP contribution in [0.5, 0.6) is 0 Å². The molecule has 0 bridgehead atoms. The Morgan fingerprint density at radius 3 is 2.40 bits per heavy atom. The molecular formula is C19H28N6. The van der Waals surface area contributed by atoms with E-state index in [-0.39, 0.29) is 0 Å². The van der Waals surface area contributed by atoms with E-state index < -0.39 is 0 Å². The van der Waals surface area contributed by atoms with Crippen molar-refractivity contribution < 1.29 is 0 Å². The van der Waals surface area contributed by atoms with Gasteiger partial charge in [-0.15, -0.1) is 15.3 Å². The summed E-state index contributed by atoms with van der Waals surface area (Å²) in [6.45, 7) is 5.94. The first-order valence-electron chi connectivity index (χ1n) is 10.1. The van der Waals surface area contributed by atoms with Crippen LogP contribution in [0.25, 0.3) is 5.65 Å². The molecule has 0 unspecified atom stereocenters. The number of rotatable bonds is 4. The van der Waals surface area contributed by atoms with Crippen molar-refractivity contribution in [2.24, 2.45) is 5.92 Å². The summed E-state index contributed by atoms with van der Waals surface area (Å²) >= 11 is 0. The molecule has 1 saturated carbocycles. The number of aromatic nitrogens is 4. The third kappa shape index (κ3) is 3.01. The quantitative estimate of drug-likeness (QED) is 0.856. The highest BCUT2D eigenvalue weighted by Gasteiger charge is 2.27. The van der Waals surface area contributed by atoms with Gasteiger partial charge in [-0.05, 0) is 63.2 Å². The lowest BCUT2D eigenvalue weighted by molar-refractivity contribution is 0.180. The van der Waals surface area contributed by atoms with E-state index in [1.807, 2.05) is 4.52 Å². The molecule has 6 heteroatoms. The van der Waals surface area contributed by atoms with Gasteiger partial charge in [0.05, 0.1) is 0 Å². The standard InChI is InChI=1S/C19H28N6/c1-2-5-15(4-1)14-23-12-8-16(9-13-23)19-21-20-17-6-7-18(22-25(17)19)24-10-3-11-24/h6-7,15-16H,1-5,8-14H2. The van der Waals surface area contributed by atoms with E-state index in [1.165, 1.54) is 64.6 Å². The summed E-state index contributed by atoms with van der Waals surface area (Å²) in [7, 11) is 0. The molecule has 134 valence electrons. The van der Waals surface area contributed by atoms with Crippen LogP contribution in [-0.2, 0) is 0 Å². The van der Waals surface area contributed by atoms with E-state index in [0.717, 1.165) is 36.3 Å². The summed E-state index contributed by atoms with van der Waals surface area (Å²) in [5.74, 6) is 3.58. The predicted octanol–water partition coefficient (Wildman–Crippen LogP) is 2.70. The van der Waals surface area contributed by atoms with Gasteiger partial charge in [-0.25, -0.2) is 0 Å². The molecule has 0 spiro atoms. The van der Waals surface area contributed by atoms with Gasteiger partial charge >= 0.3 is 0 Å². The zero-order valence-corrected chi connectivity index (χ0v) is 15.0. The van der Waals surface area contributed by atoms with Crippen molar-refractivity contribution in [1.29, 1.82) is 0 Å². The van der Waals surface area contributed by atoms with E-state index in [1.54, 1.807) is 0 Å². The molecule has 2 aromatic rings. The molecule has 0 radical (unpaired) electrons. The lowest BCUT2D eigenvalue weighted by Crippen LogP contribution is -2.38. The Bertz CT molecular complexity index is 723. The second kappa shape index (κ2) is 6.56. The fraction of sp³-hybridized carbons (Fsp3) is 0.737. The summed E-state index contributed by atoms with van der Waals surface area (Å²) in [4.78, 5) is 5.00. The van der Waals surface area contributed by atoms with Crippen molar-refractivity contribution in [2.75, 3.05) is 37.6 Å². The van der Waals surface area contributed by atoms with E-state index in [9.17, 15) is 0 Å². The first kappa shape index (κ1) is 15.6. The molecule has 0 amide bonds. The van der Waals surface area contributed by atoms with Crippen LogP contribution in [-0.4, -0.2) is 57.4 Å². The third-order valence-electron chi connectivity index (χ3n) is 6.40. The SMILES string of the molecule is c1cc2nnc(C3CCN(CC4CCCC4)CC3)n2nc1N1CCC1. The minimum atomic E-state index is 0.494. The van der Waals surface area contributed by atoms with Crippen LogP contribution in [0.3, 0.4) is 0 Å². The Kier molecular flexibility index (Phi) is 4.08. The Morgan fingerprint density at radius 1 is 0.880 bits per heavy atom. The number of nitrogens with zero attached hydrogens (tertiary/aromatic N) is 6. The maximum atomic E-state index is 4.84. The van der Waals surface area contributed by atoms with Gasteiger partial charge in [-0.2, -0.15) is 4.52 Å². The van der Waals surface area contributed by atoms with Crippen LogP contribution in [0.4, 0.5) is 5.82 Å². The monoisotopic (exact) mass is 340 g/mol. The molecule has 4 heterocycles. The number of piperidine rings is 1. The van der Waals surface area contributed by atoms with Gasteiger partial charge in [0.15, 0.2) is 11.5 Å². The normalized spacial score (nSPS) is 23.4. The zero-order valence-electron chi connectivity index (χ0n) is 15.0. The fourth-order valence-corrected chi connectivity index (χ4v) is 4.70. The molecular weight excluding hydrogens is 312 g/mol.